The van der Waals surface area contributed by atoms with Crippen LogP contribution < -0.4 is 5.32 Å². The molecule has 1 unspecified atom stereocenters. The number of alkyl halides is 3. The van der Waals surface area contributed by atoms with Crippen molar-refractivity contribution < 1.29 is 45.8 Å². The summed E-state index contributed by atoms with van der Waals surface area (Å²) in [5, 5.41) is 2.22. The van der Waals surface area contributed by atoms with E-state index in [0.717, 1.165) is 0 Å². The summed E-state index contributed by atoms with van der Waals surface area (Å²) >= 11 is 0. The monoisotopic (exact) mass is 483 g/mol. The van der Waals surface area contributed by atoms with E-state index in [0.29, 0.717) is 5.56 Å². The molecule has 1 rings (SSSR count). The van der Waals surface area contributed by atoms with Crippen LogP contribution in [-0.2, 0) is 34.3 Å². The van der Waals surface area contributed by atoms with E-state index in [4.69, 9.17) is 13.8 Å². The summed E-state index contributed by atoms with van der Waals surface area (Å²) in [7, 11) is -4.91. The number of amides is 1. The minimum Gasteiger partial charge on any atom is -0.444 e. The SMILES string of the molecule is CCOP(=O)(OCC)C(OC(=O)[C@H](Cc1ccccc1)NC(=O)OC(C)(C)C)C(F)(F)F. The number of benzene rings is 1. The molecule has 0 heterocycles. The van der Waals surface area contributed by atoms with Crippen molar-refractivity contribution in [3.05, 3.63) is 35.9 Å². The first kappa shape index (κ1) is 27.9. The molecule has 0 saturated carbocycles. The Labute approximate surface area is 185 Å². The van der Waals surface area contributed by atoms with E-state index in [9.17, 15) is 27.3 Å². The van der Waals surface area contributed by atoms with E-state index in [1.165, 1.54) is 13.8 Å². The molecule has 0 aliphatic heterocycles. The highest BCUT2D eigenvalue weighted by atomic mass is 31.2. The van der Waals surface area contributed by atoms with E-state index in [-0.39, 0.29) is 19.6 Å². The molecule has 1 aromatic carbocycles. The summed E-state index contributed by atoms with van der Waals surface area (Å²) in [6.07, 6.45) is -6.48. The van der Waals surface area contributed by atoms with Gasteiger partial charge < -0.3 is 23.8 Å². The molecule has 0 radical (unpaired) electrons. The number of rotatable bonds is 10. The molecule has 0 saturated heterocycles. The van der Waals surface area contributed by atoms with Gasteiger partial charge in [-0.25, -0.2) is 9.59 Å². The van der Waals surface area contributed by atoms with Crippen LogP contribution in [0.3, 0.4) is 0 Å². The van der Waals surface area contributed by atoms with E-state index >= 15 is 0 Å². The van der Waals surface area contributed by atoms with Crippen molar-refractivity contribution >= 4 is 19.7 Å². The second-order valence-electron chi connectivity index (χ2n) is 7.59. The largest absolute Gasteiger partial charge is 0.444 e. The predicted octanol–water partition coefficient (Wildman–Crippen LogP) is 4.82. The zero-order valence-electron chi connectivity index (χ0n) is 18.6. The summed E-state index contributed by atoms with van der Waals surface area (Å²) in [6.45, 7) is 6.65. The normalized spacial score (nSPS) is 14.4. The molecule has 8 nitrogen and oxygen atoms in total. The van der Waals surface area contributed by atoms with Crippen LogP contribution in [0.15, 0.2) is 30.3 Å². The summed E-state index contributed by atoms with van der Waals surface area (Å²) in [5.41, 5.74) is -0.383. The number of halogens is 3. The van der Waals surface area contributed by atoms with Gasteiger partial charge in [0, 0.05) is 6.42 Å². The maximum Gasteiger partial charge on any atom is 0.437 e. The number of alkyl carbamates (subject to hydrolysis) is 1. The molecule has 1 aromatic rings. The molecule has 0 spiro atoms. The Hall–Kier alpha value is -2.10. The Morgan fingerprint density at radius 1 is 1.03 bits per heavy atom. The molecule has 12 heteroatoms. The molecule has 1 N–H and O–H groups in total. The Kier molecular flexibility index (Phi) is 10.2. The van der Waals surface area contributed by atoms with Gasteiger partial charge in [-0.2, -0.15) is 13.2 Å². The van der Waals surface area contributed by atoms with Gasteiger partial charge in [0.05, 0.1) is 13.2 Å². The van der Waals surface area contributed by atoms with E-state index in [2.05, 4.69) is 10.1 Å². The third-order valence-electron chi connectivity index (χ3n) is 3.67. The Morgan fingerprint density at radius 2 is 1.56 bits per heavy atom. The highest BCUT2D eigenvalue weighted by Crippen LogP contribution is 2.58. The third-order valence-corrected chi connectivity index (χ3v) is 5.88. The first-order valence-corrected chi connectivity index (χ1v) is 11.5. The predicted molar refractivity (Wildman–Crippen MR) is 110 cm³/mol. The lowest BCUT2D eigenvalue weighted by Gasteiger charge is -2.29. The highest BCUT2D eigenvalue weighted by Gasteiger charge is 2.57. The zero-order chi connectivity index (χ0) is 24.6. The maximum absolute atomic E-state index is 13.7. The van der Waals surface area contributed by atoms with Gasteiger partial charge in [0.1, 0.15) is 11.6 Å². The minimum atomic E-state index is -5.25. The fraction of sp³-hybridized carbons (Fsp3) is 0.600. The second kappa shape index (κ2) is 11.7. The smallest absolute Gasteiger partial charge is 0.437 e. The number of carbonyl (C=O) groups is 2. The summed E-state index contributed by atoms with van der Waals surface area (Å²) in [4.78, 5) is 24.9. The van der Waals surface area contributed by atoms with Gasteiger partial charge in [-0.05, 0) is 40.2 Å². The molecule has 182 valence electrons. The van der Waals surface area contributed by atoms with Crippen LogP contribution in [-0.4, -0.2) is 48.9 Å². The molecule has 0 aliphatic rings. The lowest BCUT2D eigenvalue weighted by molar-refractivity contribution is -0.205. The number of hydrogen-bond donors (Lipinski definition) is 1. The maximum atomic E-state index is 13.7. The van der Waals surface area contributed by atoms with Gasteiger partial charge >= 0.3 is 25.8 Å². The van der Waals surface area contributed by atoms with Crippen LogP contribution in [0.5, 0.6) is 0 Å². The van der Waals surface area contributed by atoms with Gasteiger partial charge in [0.2, 0.25) is 0 Å². The molecular formula is C20H29F3NO7P. The summed E-state index contributed by atoms with van der Waals surface area (Å²) in [5.74, 6) is -4.64. The average molecular weight is 483 g/mol. The first-order chi connectivity index (χ1) is 14.7. The molecule has 32 heavy (non-hydrogen) atoms. The fourth-order valence-corrected chi connectivity index (χ4v) is 4.18. The molecule has 0 bridgehead atoms. The van der Waals surface area contributed by atoms with E-state index in [1.807, 2.05) is 0 Å². The third kappa shape index (κ3) is 9.18. The Morgan fingerprint density at radius 3 is 2.00 bits per heavy atom. The van der Waals surface area contributed by atoms with Crippen LogP contribution in [0.25, 0.3) is 0 Å². The Balaban J connectivity index is 3.21. The molecule has 0 aromatic heterocycles. The molecule has 2 atom stereocenters. The van der Waals surface area contributed by atoms with E-state index < -0.39 is 43.3 Å². The van der Waals surface area contributed by atoms with Crippen molar-refractivity contribution in [3.8, 4) is 0 Å². The van der Waals surface area contributed by atoms with Gasteiger partial charge in [0.25, 0.3) is 5.85 Å². The van der Waals surface area contributed by atoms with Crippen molar-refractivity contribution in [3.63, 3.8) is 0 Å². The first-order valence-electron chi connectivity index (χ1n) is 9.91. The van der Waals surface area contributed by atoms with Crippen molar-refractivity contribution in [1.29, 1.82) is 0 Å². The molecular weight excluding hydrogens is 454 g/mol. The number of ether oxygens (including phenoxy) is 2. The van der Waals surface area contributed by atoms with Crippen LogP contribution in [0.1, 0.15) is 40.2 Å². The van der Waals surface area contributed by atoms with Gasteiger partial charge in [0.15, 0.2) is 0 Å². The van der Waals surface area contributed by atoms with E-state index in [1.54, 1.807) is 51.1 Å². The van der Waals surface area contributed by atoms with Crippen molar-refractivity contribution in [2.75, 3.05) is 13.2 Å². The second-order valence-corrected chi connectivity index (χ2v) is 9.66. The molecule has 1 amide bonds. The average Bonchev–Trinajstić information content (AvgIpc) is 2.64. The molecule has 0 aliphatic carbocycles. The van der Waals surface area contributed by atoms with Crippen molar-refractivity contribution in [1.82, 2.24) is 5.32 Å². The zero-order valence-corrected chi connectivity index (χ0v) is 19.5. The highest BCUT2D eigenvalue weighted by molar-refractivity contribution is 7.54. The van der Waals surface area contributed by atoms with Gasteiger partial charge in [-0.15, -0.1) is 0 Å². The van der Waals surface area contributed by atoms with Crippen molar-refractivity contribution in [2.24, 2.45) is 0 Å². The quantitative estimate of drug-likeness (QED) is 0.376. The van der Waals surface area contributed by atoms with Crippen LogP contribution in [0.4, 0.5) is 18.0 Å². The van der Waals surface area contributed by atoms with Crippen LogP contribution in [0, 0.1) is 0 Å². The minimum absolute atomic E-state index is 0.197. The molecule has 0 fully saturated rings. The Bertz CT molecular complexity index is 787. The topological polar surface area (TPSA) is 100 Å². The number of hydrogen-bond acceptors (Lipinski definition) is 7. The van der Waals surface area contributed by atoms with Crippen LogP contribution in [0.2, 0.25) is 0 Å². The standard InChI is InChI=1S/C20H29F3NO7P/c1-6-28-32(27,29-7-2)17(20(21,22)23)30-16(25)15(13-14-11-9-8-10-12-14)24-18(26)31-19(3,4)5/h8-12,15,17H,6-7,13H2,1-5H3,(H,24,26)/t15-,17?/m0/s1. The lowest BCUT2D eigenvalue weighted by Crippen LogP contribution is -2.48. The number of esters is 1. The van der Waals surface area contributed by atoms with Gasteiger partial charge in [-0.1, -0.05) is 30.3 Å². The fourth-order valence-electron chi connectivity index (χ4n) is 2.53. The summed E-state index contributed by atoms with van der Waals surface area (Å²) in [6, 6.07) is 6.68. The number of nitrogens with one attached hydrogen (secondary N) is 1. The van der Waals surface area contributed by atoms with Crippen molar-refractivity contribution in [2.45, 2.75) is 64.7 Å². The van der Waals surface area contributed by atoms with Crippen LogP contribution >= 0.6 is 7.60 Å². The van der Waals surface area contributed by atoms with Gasteiger partial charge in [-0.3, -0.25) is 4.57 Å². The summed E-state index contributed by atoms with van der Waals surface area (Å²) < 4.78 is 72.9. The lowest BCUT2D eigenvalue weighted by atomic mass is 10.1. The number of carbonyl (C=O) groups excluding carboxylic acids is 2.